The Morgan fingerprint density at radius 3 is 2.57 bits per heavy atom. The molecule has 7 heteroatoms. The highest BCUT2D eigenvalue weighted by Gasteiger charge is 2.19. The molecule has 0 aliphatic rings. The van der Waals surface area contributed by atoms with Crippen LogP contribution in [0.15, 0.2) is 29.4 Å². The normalized spacial score (nSPS) is 11.6. The van der Waals surface area contributed by atoms with Crippen molar-refractivity contribution in [3.63, 3.8) is 0 Å². The fraction of sp³-hybridized carbons (Fsp3) is 0.357. The third-order valence-electron chi connectivity index (χ3n) is 3.35. The molecule has 3 N–H and O–H groups in total. The van der Waals surface area contributed by atoms with Crippen LogP contribution in [0.5, 0.6) is 0 Å². The number of aryl methyl sites for hydroxylation is 3. The first-order valence-electron chi connectivity index (χ1n) is 6.73. The summed E-state index contributed by atoms with van der Waals surface area (Å²) in [5.74, 6) is 0. The Balaban J connectivity index is 2.39. The first kappa shape index (κ1) is 15.5. The molecule has 0 radical (unpaired) electrons. The van der Waals surface area contributed by atoms with Crippen molar-refractivity contribution in [3.8, 4) is 0 Å². The maximum Gasteiger partial charge on any atom is 0.262 e. The van der Waals surface area contributed by atoms with Crippen molar-refractivity contribution >= 4 is 15.7 Å². The lowest BCUT2D eigenvalue weighted by molar-refractivity contribution is 0.600. The number of hydrogen-bond donors (Lipinski definition) is 2. The summed E-state index contributed by atoms with van der Waals surface area (Å²) in [7, 11) is -3.65. The second-order valence-corrected chi connectivity index (χ2v) is 6.59. The van der Waals surface area contributed by atoms with Gasteiger partial charge in [-0.15, -0.1) is 0 Å². The van der Waals surface area contributed by atoms with Gasteiger partial charge in [-0.2, -0.15) is 5.10 Å². The van der Waals surface area contributed by atoms with Gasteiger partial charge >= 0.3 is 0 Å². The lowest BCUT2D eigenvalue weighted by atomic mass is 10.1. The van der Waals surface area contributed by atoms with Crippen molar-refractivity contribution in [1.82, 2.24) is 9.78 Å². The van der Waals surface area contributed by atoms with Crippen molar-refractivity contribution in [2.24, 2.45) is 5.73 Å². The van der Waals surface area contributed by atoms with Crippen LogP contribution in [0.3, 0.4) is 0 Å². The lowest BCUT2D eigenvalue weighted by Gasteiger charge is -2.12. The van der Waals surface area contributed by atoms with E-state index in [0.717, 1.165) is 11.1 Å². The van der Waals surface area contributed by atoms with Crippen molar-refractivity contribution < 1.29 is 8.42 Å². The average molecular weight is 308 g/mol. The van der Waals surface area contributed by atoms with E-state index >= 15 is 0 Å². The van der Waals surface area contributed by atoms with Gasteiger partial charge in [0.25, 0.3) is 10.0 Å². The number of nitrogens with zero attached hydrogens (tertiary/aromatic N) is 2. The maximum absolute atomic E-state index is 12.5. The minimum atomic E-state index is -3.65. The first-order chi connectivity index (χ1) is 9.87. The molecular formula is C14H20N4O2S. The number of sulfonamides is 1. The van der Waals surface area contributed by atoms with Gasteiger partial charge in [0.2, 0.25) is 0 Å². The molecule has 6 nitrogen and oxygen atoms in total. The highest BCUT2D eigenvalue weighted by atomic mass is 32.2. The van der Waals surface area contributed by atoms with Crippen LogP contribution < -0.4 is 10.5 Å². The fourth-order valence-electron chi connectivity index (χ4n) is 2.18. The van der Waals surface area contributed by atoms with Gasteiger partial charge in [0.05, 0.1) is 16.8 Å². The Hall–Kier alpha value is -1.86. The van der Waals surface area contributed by atoms with E-state index in [0.29, 0.717) is 24.3 Å². The van der Waals surface area contributed by atoms with Crippen LogP contribution in [0.4, 0.5) is 5.69 Å². The molecular weight excluding hydrogens is 288 g/mol. The second-order valence-electron chi connectivity index (χ2n) is 4.94. The highest BCUT2D eigenvalue weighted by Crippen LogP contribution is 2.22. The molecule has 0 saturated carbocycles. The maximum atomic E-state index is 12.5. The average Bonchev–Trinajstić information content (AvgIpc) is 2.85. The lowest BCUT2D eigenvalue weighted by Crippen LogP contribution is -2.15. The number of nitrogens with two attached hydrogens (primary N) is 1. The van der Waals surface area contributed by atoms with Crippen LogP contribution in [0.2, 0.25) is 0 Å². The van der Waals surface area contributed by atoms with Crippen molar-refractivity contribution in [2.45, 2.75) is 38.8 Å². The molecule has 0 aliphatic heterocycles. The molecule has 0 unspecified atom stereocenters. The molecule has 2 aromatic rings. The van der Waals surface area contributed by atoms with Gasteiger partial charge in [0.15, 0.2) is 0 Å². The topological polar surface area (TPSA) is 90.0 Å². The zero-order chi connectivity index (χ0) is 15.6. The standard InChI is InChI=1S/C14H20N4O2S/c1-4-18-9-13(8-16-18)17-21(19,20)14-6-12(7-15)10(2)5-11(14)3/h5-6,8-9,17H,4,7,15H2,1-3H3. The number of hydrogen-bond acceptors (Lipinski definition) is 4. The van der Waals surface area contributed by atoms with Gasteiger partial charge in [-0.3, -0.25) is 9.40 Å². The van der Waals surface area contributed by atoms with Crippen molar-refractivity contribution in [3.05, 3.63) is 41.2 Å². The van der Waals surface area contributed by atoms with Gasteiger partial charge in [-0.25, -0.2) is 8.42 Å². The molecule has 1 aromatic carbocycles. The van der Waals surface area contributed by atoms with Crippen LogP contribution in [0.1, 0.15) is 23.6 Å². The first-order valence-corrected chi connectivity index (χ1v) is 8.21. The molecule has 0 fully saturated rings. The third-order valence-corrected chi connectivity index (χ3v) is 4.88. The van der Waals surface area contributed by atoms with E-state index in [4.69, 9.17) is 5.73 Å². The zero-order valence-electron chi connectivity index (χ0n) is 12.4. The summed E-state index contributed by atoms with van der Waals surface area (Å²) in [5.41, 5.74) is 8.62. The number of aromatic nitrogens is 2. The number of nitrogens with one attached hydrogen (secondary N) is 1. The van der Waals surface area contributed by atoms with Gasteiger partial charge in [-0.05, 0) is 43.5 Å². The molecule has 114 valence electrons. The largest absolute Gasteiger partial charge is 0.326 e. The Bertz CT molecular complexity index is 750. The summed E-state index contributed by atoms with van der Waals surface area (Å²) in [4.78, 5) is 0.248. The molecule has 0 aliphatic carbocycles. The predicted molar refractivity (Wildman–Crippen MR) is 82.5 cm³/mol. The van der Waals surface area contributed by atoms with Crippen molar-refractivity contribution in [2.75, 3.05) is 4.72 Å². The molecule has 1 aromatic heterocycles. The molecule has 0 bridgehead atoms. The van der Waals surface area contributed by atoms with Gasteiger partial charge < -0.3 is 5.73 Å². The van der Waals surface area contributed by atoms with Crippen molar-refractivity contribution in [1.29, 1.82) is 0 Å². The summed E-state index contributed by atoms with van der Waals surface area (Å²) in [6.45, 7) is 6.62. The van der Waals surface area contributed by atoms with Gasteiger partial charge in [0.1, 0.15) is 0 Å². The zero-order valence-corrected chi connectivity index (χ0v) is 13.2. The Kier molecular flexibility index (Phi) is 4.34. The molecule has 0 amide bonds. The summed E-state index contributed by atoms with van der Waals surface area (Å²) in [6, 6.07) is 3.48. The van der Waals surface area contributed by atoms with E-state index in [9.17, 15) is 8.42 Å². The molecule has 0 saturated heterocycles. The van der Waals surface area contributed by atoms with E-state index < -0.39 is 10.0 Å². The SMILES string of the molecule is CCn1cc(NS(=O)(=O)c2cc(CN)c(C)cc2C)cn1. The predicted octanol–water partition coefficient (Wildman–Crippen LogP) is 1.78. The van der Waals surface area contributed by atoms with E-state index in [-0.39, 0.29) is 4.90 Å². The second kappa shape index (κ2) is 5.87. The highest BCUT2D eigenvalue weighted by molar-refractivity contribution is 7.92. The van der Waals surface area contributed by atoms with Crippen LogP contribution in [-0.2, 0) is 23.1 Å². The Labute approximate surface area is 125 Å². The molecule has 0 atom stereocenters. The fourth-order valence-corrected chi connectivity index (χ4v) is 3.49. The summed E-state index contributed by atoms with van der Waals surface area (Å²) < 4.78 is 29.2. The summed E-state index contributed by atoms with van der Waals surface area (Å²) in [6.07, 6.45) is 3.15. The van der Waals surface area contributed by atoms with E-state index in [1.54, 1.807) is 23.9 Å². The molecule has 0 spiro atoms. The van der Waals surface area contributed by atoms with E-state index in [2.05, 4.69) is 9.82 Å². The van der Waals surface area contributed by atoms with E-state index in [1.165, 1.54) is 6.20 Å². The van der Waals surface area contributed by atoms with Gasteiger partial charge in [0, 0.05) is 19.3 Å². The number of anilines is 1. The number of rotatable bonds is 5. The minimum Gasteiger partial charge on any atom is -0.326 e. The summed E-state index contributed by atoms with van der Waals surface area (Å²) >= 11 is 0. The summed E-state index contributed by atoms with van der Waals surface area (Å²) in [5, 5.41) is 4.05. The monoisotopic (exact) mass is 308 g/mol. The third kappa shape index (κ3) is 3.25. The van der Waals surface area contributed by atoms with Gasteiger partial charge in [-0.1, -0.05) is 6.07 Å². The quantitative estimate of drug-likeness (QED) is 0.881. The number of benzene rings is 1. The minimum absolute atomic E-state index is 0.248. The Morgan fingerprint density at radius 1 is 1.29 bits per heavy atom. The molecule has 1 heterocycles. The van der Waals surface area contributed by atoms with Crippen LogP contribution in [0.25, 0.3) is 0 Å². The van der Waals surface area contributed by atoms with Crippen LogP contribution in [0, 0.1) is 13.8 Å². The molecule has 2 rings (SSSR count). The smallest absolute Gasteiger partial charge is 0.262 e. The molecule has 21 heavy (non-hydrogen) atoms. The van der Waals surface area contributed by atoms with E-state index in [1.807, 2.05) is 19.9 Å². The van der Waals surface area contributed by atoms with Crippen LogP contribution >= 0.6 is 0 Å². The Morgan fingerprint density at radius 2 is 2.00 bits per heavy atom. The van der Waals surface area contributed by atoms with Crippen LogP contribution in [-0.4, -0.2) is 18.2 Å².